The lowest BCUT2D eigenvalue weighted by atomic mass is 9.87. The molecular formula is C10H24N2S. The maximum atomic E-state index is 5.76. The van der Waals surface area contributed by atoms with Gasteiger partial charge in [-0.25, -0.2) is 0 Å². The molecule has 13 heavy (non-hydrogen) atoms. The monoisotopic (exact) mass is 204 g/mol. The summed E-state index contributed by atoms with van der Waals surface area (Å²) >= 11 is 1.90. The van der Waals surface area contributed by atoms with E-state index in [9.17, 15) is 0 Å². The third-order valence-corrected chi connectivity index (χ3v) is 3.27. The van der Waals surface area contributed by atoms with E-state index < -0.39 is 0 Å². The number of hydrogen-bond acceptors (Lipinski definition) is 3. The summed E-state index contributed by atoms with van der Waals surface area (Å²) in [6.45, 7) is 7.54. The molecule has 1 unspecified atom stereocenters. The van der Waals surface area contributed by atoms with Crippen molar-refractivity contribution in [2.24, 2.45) is 11.1 Å². The molecule has 2 N–H and O–H groups in total. The predicted octanol–water partition coefficient (Wildman–Crippen LogP) is 1.66. The molecule has 0 saturated carbocycles. The number of nitrogens with zero attached hydrogens (tertiary/aromatic N) is 1. The van der Waals surface area contributed by atoms with E-state index in [4.69, 9.17) is 5.73 Å². The molecule has 0 aromatic carbocycles. The van der Waals surface area contributed by atoms with E-state index in [0.29, 0.717) is 5.41 Å². The molecule has 1 atom stereocenters. The number of rotatable bonds is 7. The molecule has 2 nitrogen and oxygen atoms in total. The van der Waals surface area contributed by atoms with E-state index in [0.717, 1.165) is 26.1 Å². The van der Waals surface area contributed by atoms with Gasteiger partial charge in [0, 0.05) is 18.8 Å². The first-order valence-electron chi connectivity index (χ1n) is 4.95. The highest BCUT2D eigenvalue weighted by Gasteiger charge is 2.21. The van der Waals surface area contributed by atoms with Crippen LogP contribution in [0.15, 0.2) is 0 Å². The fourth-order valence-electron chi connectivity index (χ4n) is 1.30. The predicted molar refractivity (Wildman–Crippen MR) is 63.3 cm³/mol. The molecule has 0 saturated heterocycles. The van der Waals surface area contributed by atoms with E-state index in [1.165, 1.54) is 5.75 Å². The molecule has 0 aromatic rings. The summed E-state index contributed by atoms with van der Waals surface area (Å²) in [5.41, 5.74) is 6.06. The second kappa shape index (κ2) is 6.68. The van der Waals surface area contributed by atoms with Crippen molar-refractivity contribution in [2.75, 3.05) is 38.7 Å². The second-order valence-electron chi connectivity index (χ2n) is 4.10. The van der Waals surface area contributed by atoms with Crippen LogP contribution >= 0.6 is 11.8 Å². The van der Waals surface area contributed by atoms with Crippen molar-refractivity contribution in [3.05, 3.63) is 0 Å². The average Bonchev–Trinajstić information content (AvgIpc) is 2.14. The van der Waals surface area contributed by atoms with Gasteiger partial charge in [-0.3, -0.25) is 0 Å². The Bertz CT molecular complexity index is 124. The summed E-state index contributed by atoms with van der Waals surface area (Å²) in [5.74, 6) is 1.21. The smallest absolute Gasteiger partial charge is 0.00694 e. The van der Waals surface area contributed by atoms with Gasteiger partial charge in [-0.05, 0) is 31.7 Å². The molecule has 0 fully saturated rings. The summed E-state index contributed by atoms with van der Waals surface area (Å²) in [7, 11) is 2.18. The summed E-state index contributed by atoms with van der Waals surface area (Å²) in [4.78, 5) is 2.38. The topological polar surface area (TPSA) is 29.3 Å². The third-order valence-electron chi connectivity index (χ3n) is 2.68. The Morgan fingerprint density at radius 1 is 1.46 bits per heavy atom. The minimum Gasteiger partial charge on any atom is -0.330 e. The summed E-state index contributed by atoms with van der Waals surface area (Å²) in [5, 5.41) is 0. The summed E-state index contributed by atoms with van der Waals surface area (Å²) in [6.07, 6.45) is 3.31. The SMILES string of the molecule is CCC(C)(CN)CN(C)CCSC. The van der Waals surface area contributed by atoms with E-state index in [-0.39, 0.29) is 0 Å². The Balaban J connectivity index is 3.79. The van der Waals surface area contributed by atoms with Gasteiger partial charge in [0.2, 0.25) is 0 Å². The molecule has 0 aromatic heterocycles. The van der Waals surface area contributed by atoms with Gasteiger partial charge in [0.1, 0.15) is 0 Å². The van der Waals surface area contributed by atoms with E-state index in [2.05, 4.69) is 32.1 Å². The van der Waals surface area contributed by atoms with Crippen LogP contribution in [0, 0.1) is 5.41 Å². The molecule has 0 aliphatic heterocycles. The molecule has 80 valence electrons. The van der Waals surface area contributed by atoms with Gasteiger partial charge in [0.25, 0.3) is 0 Å². The number of thioether (sulfide) groups is 1. The highest BCUT2D eigenvalue weighted by atomic mass is 32.2. The zero-order chi connectivity index (χ0) is 10.3. The van der Waals surface area contributed by atoms with Crippen molar-refractivity contribution in [1.82, 2.24) is 4.90 Å². The van der Waals surface area contributed by atoms with Crippen LogP contribution in [0.4, 0.5) is 0 Å². The molecule has 0 aliphatic carbocycles. The first-order chi connectivity index (χ1) is 6.08. The number of hydrogen-bond donors (Lipinski definition) is 1. The van der Waals surface area contributed by atoms with Crippen molar-refractivity contribution in [3.63, 3.8) is 0 Å². The fraction of sp³-hybridized carbons (Fsp3) is 1.00. The summed E-state index contributed by atoms with van der Waals surface area (Å²) in [6, 6.07) is 0. The Labute approximate surface area is 87.2 Å². The molecule has 0 amide bonds. The Kier molecular flexibility index (Phi) is 6.82. The van der Waals surface area contributed by atoms with Crippen molar-refractivity contribution < 1.29 is 0 Å². The van der Waals surface area contributed by atoms with Crippen LogP contribution in [0.5, 0.6) is 0 Å². The van der Waals surface area contributed by atoms with Crippen LogP contribution in [0.25, 0.3) is 0 Å². The van der Waals surface area contributed by atoms with Gasteiger partial charge in [-0.1, -0.05) is 13.8 Å². The third kappa shape index (κ3) is 5.55. The normalized spacial score (nSPS) is 16.2. The Morgan fingerprint density at radius 3 is 2.46 bits per heavy atom. The molecule has 0 spiro atoms. The number of nitrogens with two attached hydrogens (primary N) is 1. The van der Waals surface area contributed by atoms with Crippen LogP contribution in [-0.2, 0) is 0 Å². The van der Waals surface area contributed by atoms with Crippen molar-refractivity contribution in [1.29, 1.82) is 0 Å². The Hall–Kier alpha value is 0.270. The van der Waals surface area contributed by atoms with Gasteiger partial charge >= 0.3 is 0 Å². The van der Waals surface area contributed by atoms with Gasteiger partial charge in [0.15, 0.2) is 0 Å². The second-order valence-corrected chi connectivity index (χ2v) is 5.08. The molecule has 3 heteroatoms. The minimum absolute atomic E-state index is 0.299. The standard InChI is InChI=1S/C10H24N2S/c1-5-10(2,8-11)9-12(3)6-7-13-4/h5-9,11H2,1-4H3. The molecular weight excluding hydrogens is 180 g/mol. The molecule has 0 heterocycles. The largest absolute Gasteiger partial charge is 0.330 e. The lowest BCUT2D eigenvalue weighted by Gasteiger charge is -2.31. The summed E-state index contributed by atoms with van der Waals surface area (Å²) < 4.78 is 0. The van der Waals surface area contributed by atoms with Crippen LogP contribution in [-0.4, -0.2) is 43.6 Å². The zero-order valence-corrected chi connectivity index (χ0v) is 10.3. The van der Waals surface area contributed by atoms with Crippen LogP contribution in [0.3, 0.4) is 0 Å². The first-order valence-corrected chi connectivity index (χ1v) is 6.35. The van der Waals surface area contributed by atoms with Crippen LogP contribution in [0.2, 0.25) is 0 Å². The molecule has 0 rings (SSSR count). The lowest BCUT2D eigenvalue weighted by molar-refractivity contribution is 0.199. The first kappa shape index (κ1) is 13.3. The van der Waals surface area contributed by atoms with Crippen molar-refractivity contribution in [2.45, 2.75) is 20.3 Å². The molecule has 0 radical (unpaired) electrons. The highest BCUT2D eigenvalue weighted by Crippen LogP contribution is 2.19. The molecule has 0 aliphatic rings. The van der Waals surface area contributed by atoms with Crippen molar-refractivity contribution in [3.8, 4) is 0 Å². The van der Waals surface area contributed by atoms with Gasteiger partial charge in [-0.2, -0.15) is 11.8 Å². The van der Waals surface area contributed by atoms with E-state index in [1.54, 1.807) is 0 Å². The van der Waals surface area contributed by atoms with Crippen LogP contribution in [0.1, 0.15) is 20.3 Å². The molecule has 0 bridgehead atoms. The highest BCUT2D eigenvalue weighted by molar-refractivity contribution is 7.98. The Morgan fingerprint density at radius 2 is 2.08 bits per heavy atom. The fourth-order valence-corrected chi connectivity index (χ4v) is 1.79. The maximum absolute atomic E-state index is 5.76. The van der Waals surface area contributed by atoms with Crippen LogP contribution < -0.4 is 5.73 Å². The quantitative estimate of drug-likeness (QED) is 0.684. The minimum atomic E-state index is 0.299. The lowest BCUT2D eigenvalue weighted by Crippen LogP contribution is -2.39. The van der Waals surface area contributed by atoms with E-state index in [1.807, 2.05) is 11.8 Å². The van der Waals surface area contributed by atoms with Gasteiger partial charge in [0.05, 0.1) is 0 Å². The van der Waals surface area contributed by atoms with Gasteiger partial charge < -0.3 is 10.6 Å². The average molecular weight is 204 g/mol. The van der Waals surface area contributed by atoms with E-state index >= 15 is 0 Å². The zero-order valence-electron chi connectivity index (χ0n) is 9.47. The van der Waals surface area contributed by atoms with Crippen molar-refractivity contribution >= 4 is 11.8 Å². The van der Waals surface area contributed by atoms with Gasteiger partial charge in [-0.15, -0.1) is 0 Å². The maximum Gasteiger partial charge on any atom is 0.00694 e.